The molecule has 0 spiro atoms. The van der Waals surface area contributed by atoms with Gasteiger partial charge in [-0.15, -0.1) is 0 Å². The molecule has 1 aliphatic rings. The van der Waals surface area contributed by atoms with Crippen molar-refractivity contribution in [2.24, 2.45) is 5.92 Å². The van der Waals surface area contributed by atoms with Crippen molar-refractivity contribution in [1.82, 2.24) is 0 Å². The molecule has 88 valence electrons. The molecule has 2 N–H and O–H groups in total. The highest BCUT2D eigenvalue weighted by Crippen LogP contribution is 2.32. The number of ether oxygens (including phenoxy) is 2. The van der Waals surface area contributed by atoms with E-state index in [4.69, 9.17) is 15.2 Å². The Bertz CT molecular complexity index is 346. The maximum absolute atomic E-state index is 5.93. The summed E-state index contributed by atoms with van der Waals surface area (Å²) in [5.74, 6) is 2.13. The molecule has 1 aromatic rings. The fourth-order valence-electron chi connectivity index (χ4n) is 2.21. The van der Waals surface area contributed by atoms with Crippen LogP contribution in [0.4, 0.5) is 5.69 Å². The summed E-state index contributed by atoms with van der Waals surface area (Å²) < 4.78 is 10.9. The van der Waals surface area contributed by atoms with Crippen LogP contribution in [-0.2, 0) is 0 Å². The zero-order chi connectivity index (χ0) is 11.4. The lowest BCUT2D eigenvalue weighted by Crippen LogP contribution is -2.09. The molecular formula is C13H19NO2. The fraction of sp³-hybridized carbons (Fsp3) is 0.538. The minimum absolute atomic E-state index is 0.600. The lowest BCUT2D eigenvalue weighted by molar-refractivity contribution is 0.252. The highest BCUT2D eigenvalue weighted by atomic mass is 16.5. The molecule has 2 rings (SSSR count). The molecular weight excluding hydrogens is 202 g/mol. The van der Waals surface area contributed by atoms with Gasteiger partial charge in [-0.25, -0.2) is 0 Å². The van der Waals surface area contributed by atoms with E-state index in [0.717, 1.165) is 12.4 Å². The first-order valence-electron chi connectivity index (χ1n) is 5.86. The second kappa shape index (κ2) is 5.10. The number of anilines is 1. The highest BCUT2D eigenvalue weighted by molar-refractivity contribution is 5.62. The van der Waals surface area contributed by atoms with Crippen LogP contribution in [0.1, 0.15) is 25.7 Å². The molecule has 0 aromatic heterocycles. The Morgan fingerprint density at radius 3 is 2.62 bits per heavy atom. The van der Waals surface area contributed by atoms with Crippen LogP contribution in [-0.4, -0.2) is 13.7 Å². The average Bonchev–Trinajstić information content (AvgIpc) is 2.81. The van der Waals surface area contributed by atoms with Gasteiger partial charge in [-0.1, -0.05) is 18.9 Å². The summed E-state index contributed by atoms with van der Waals surface area (Å²) in [6.45, 7) is 0.775. The van der Waals surface area contributed by atoms with Crippen molar-refractivity contribution < 1.29 is 9.47 Å². The second-order valence-corrected chi connectivity index (χ2v) is 4.33. The van der Waals surface area contributed by atoms with Gasteiger partial charge in [-0.05, 0) is 30.9 Å². The van der Waals surface area contributed by atoms with Crippen molar-refractivity contribution in [3.05, 3.63) is 18.2 Å². The van der Waals surface area contributed by atoms with E-state index in [-0.39, 0.29) is 0 Å². The molecule has 1 fully saturated rings. The second-order valence-electron chi connectivity index (χ2n) is 4.33. The quantitative estimate of drug-likeness (QED) is 0.795. The van der Waals surface area contributed by atoms with E-state index in [2.05, 4.69) is 0 Å². The Morgan fingerprint density at radius 1 is 1.25 bits per heavy atom. The Hall–Kier alpha value is -1.38. The van der Waals surface area contributed by atoms with Crippen LogP contribution in [0.15, 0.2) is 18.2 Å². The monoisotopic (exact) mass is 221 g/mol. The van der Waals surface area contributed by atoms with Crippen molar-refractivity contribution in [3.63, 3.8) is 0 Å². The van der Waals surface area contributed by atoms with Gasteiger partial charge in [0.15, 0.2) is 0 Å². The lowest BCUT2D eigenvalue weighted by atomic mass is 10.1. The summed E-state index contributed by atoms with van der Waals surface area (Å²) in [5, 5.41) is 0. The summed E-state index contributed by atoms with van der Waals surface area (Å²) in [6.07, 6.45) is 5.23. The van der Waals surface area contributed by atoms with Gasteiger partial charge in [0.05, 0.1) is 13.7 Å². The minimum atomic E-state index is 0.600. The van der Waals surface area contributed by atoms with Crippen molar-refractivity contribution in [2.45, 2.75) is 25.7 Å². The fourth-order valence-corrected chi connectivity index (χ4v) is 2.21. The summed E-state index contributed by atoms with van der Waals surface area (Å²) in [6, 6.07) is 5.64. The third kappa shape index (κ3) is 2.40. The molecule has 3 nitrogen and oxygen atoms in total. The first-order chi connectivity index (χ1) is 7.81. The normalized spacial score (nSPS) is 16.3. The first kappa shape index (κ1) is 11.1. The highest BCUT2D eigenvalue weighted by Gasteiger charge is 2.16. The summed E-state index contributed by atoms with van der Waals surface area (Å²) in [7, 11) is 1.62. The topological polar surface area (TPSA) is 44.5 Å². The van der Waals surface area contributed by atoms with Gasteiger partial charge in [0, 0.05) is 0 Å². The first-order valence-corrected chi connectivity index (χ1v) is 5.86. The number of para-hydroxylation sites is 1. The number of methoxy groups -OCH3 is 1. The lowest BCUT2D eigenvalue weighted by Gasteiger charge is -2.14. The van der Waals surface area contributed by atoms with Crippen LogP contribution in [0.25, 0.3) is 0 Å². The van der Waals surface area contributed by atoms with Crippen LogP contribution < -0.4 is 15.2 Å². The number of hydrogen-bond donors (Lipinski definition) is 1. The Morgan fingerprint density at radius 2 is 1.94 bits per heavy atom. The van der Waals surface area contributed by atoms with Crippen LogP contribution >= 0.6 is 0 Å². The number of hydrogen-bond acceptors (Lipinski definition) is 3. The summed E-state index contributed by atoms with van der Waals surface area (Å²) in [5.41, 5.74) is 6.53. The molecule has 0 aliphatic heterocycles. The van der Waals surface area contributed by atoms with Gasteiger partial charge in [0.1, 0.15) is 17.2 Å². The molecule has 1 aromatic carbocycles. The SMILES string of the molecule is COc1cccc(OCC2CCCC2)c1N. The van der Waals surface area contributed by atoms with E-state index in [9.17, 15) is 0 Å². The van der Waals surface area contributed by atoms with E-state index in [1.807, 2.05) is 18.2 Å². The predicted octanol–water partition coefficient (Wildman–Crippen LogP) is 2.85. The van der Waals surface area contributed by atoms with Crippen molar-refractivity contribution in [3.8, 4) is 11.5 Å². The molecule has 0 unspecified atom stereocenters. The van der Waals surface area contributed by atoms with E-state index in [1.165, 1.54) is 25.7 Å². The van der Waals surface area contributed by atoms with Gasteiger partial charge in [0.2, 0.25) is 0 Å². The van der Waals surface area contributed by atoms with Crippen LogP contribution in [0.3, 0.4) is 0 Å². The maximum atomic E-state index is 5.93. The number of rotatable bonds is 4. The van der Waals surface area contributed by atoms with Crippen molar-refractivity contribution >= 4 is 5.69 Å². The zero-order valence-electron chi connectivity index (χ0n) is 9.74. The molecule has 0 bridgehead atoms. The van der Waals surface area contributed by atoms with Gasteiger partial charge in [-0.2, -0.15) is 0 Å². The average molecular weight is 221 g/mol. The standard InChI is InChI=1S/C13H19NO2/c1-15-11-7-4-8-12(13(11)14)16-9-10-5-2-3-6-10/h4,7-8,10H,2-3,5-6,9,14H2,1H3. The van der Waals surface area contributed by atoms with Gasteiger partial charge in [-0.3, -0.25) is 0 Å². The molecule has 1 saturated carbocycles. The molecule has 16 heavy (non-hydrogen) atoms. The molecule has 1 aliphatic carbocycles. The Labute approximate surface area is 96.5 Å². The van der Waals surface area contributed by atoms with Gasteiger partial charge < -0.3 is 15.2 Å². The third-order valence-corrected chi connectivity index (χ3v) is 3.20. The van der Waals surface area contributed by atoms with Crippen LogP contribution in [0.5, 0.6) is 11.5 Å². The van der Waals surface area contributed by atoms with E-state index >= 15 is 0 Å². The van der Waals surface area contributed by atoms with Crippen molar-refractivity contribution in [2.75, 3.05) is 19.5 Å². The molecule has 0 atom stereocenters. The van der Waals surface area contributed by atoms with Crippen molar-refractivity contribution in [1.29, 1.82) is 0 Å². The van der Waals surface area contributed by atoms with E-state index in [0.29, 0.717) is 17.4 Å². The third-order valence-electron chi connectivity index (χ3n) is 3.20. The molecule has 0 saturated heterocycles. The summed E-state index contributed by atoms with van der Waals surface area (Å²) in [4.78, 5) is 0. The largest absolute Gasteiger partial charge is 0.494 e. The number of nitrogen functional groups attached to an aromatic ring is 1. The Kier molecular flexibility index (Phi) is 3.54. The smallest absolute Gasteiger partial charge is 0.146 e. The predicted molar refractivity (Wildman–Crippen MR) is 64.9 cm³/mol. The maximum Gasteiger partial charge on any atom is 0.146 e. The van der Waals surface area contributed by atoms with Crippen LogP contribution in [0, 0.1) is 5.92 Å². The summed E-state index contributed by atoms with van der Waals surface area (Å²) >= 11 is 0. The molecule has 3 heteroatoms. The molecule has 0 heterocycles. The zero-order valence-corrected chi connectivity index (χ0v) is 9.74. The van der Waals surface area contributed by atoms with Gasteiger partial charge >= 0.3 is 0 Å². The van der Waals surface area contributed by atoms with Gasteiger partial charge in [0.25, 0.3) is 0 Å². The van der Waals surface area contributed by atoms with Crippen LogP contribution in [0.2, 0.25) is 0 Å². The molecule has 0 amide bonds. The number of benzene rings is 1. The number of nitrogens with two attached hydrogens (primary N) is 1. The van der Waals surface area contributed by atoms with E-state index < -0.39 is 0 Å². The van der Waals surface area contributed by atoms with E-state index in [1.54, 1.807) is 7.11 Å². The Balaban J connectivity index is 1.97. The minimum Gasteiger partial charge on any atom is -0.494 e. The molecule has 0 radical (unpaired) electrons.